The van der Waals surface area contributed by atoms with Crippen LogP contribution in [0, 0.1) is 0 Å². The first-order valence-corrected chi connectivity index (χ1v) is 6.41. The summed E-state index contributed by atoms with van der Waals surface area (Å²) in [5.74, 6) is 0. The van der Waals surface area contributed by atoms with Crippen LogP contribution in [0.3, 0.4) is 0 Å². The van der Waals surface area contributed by atoms with Gasteiger partial charge in [-0.3, -0.25) is 0 Å². The normalized spacial score (nSPS) is 27.8. The third-order valence-corrected chi connectivity index (χ3v) is 3.18. The molecule has 0 bridgehead atoms. The smallest absolute Gasteiger partial charge is 0.170 e. The predicted molar refractivity (Wildman–Crippen MR) is 72.1 cm³/mol. The van der Waals surface area contributed by atoms with Crippen LogP contribution in [-0.2, 0) is 4.74 Å². The van der Waals surface area contributed by atoms with Crippen molar-refractivity contribution in [3.05, 3.63) is 47.5 Å². The van der Waals surface area contributed by atoms with Gasteiger partial charge in [0.1, 0.15) is 0 Å². The van der Waals surface area contributed by atoms with Crippen LogP contribution in [0.1, 0.15) is 31.9 Å². The maximum absolute atomic E-state index is 9.83. The number of ether oxygens (including phenoxy) is 1. The molecule has 1 unspecified atom stereocenters. The molecule has 0 amide bonds. The predicted octanol–water partition coefficient (Wildman–Crippen LogP) is 2.39. The maximum atomic E-state index is 9.83. The molecule has 0 aliphatic carbocycles. The zero-order chi connectivity index (χ0) is 13.0. The Morgan fingerprint density at radius 3 is 2.78 bits per heavy atom. The Balaban J connectivity index is 2.02. The zero-order valence-corrected chi connectivity index (χ0v) is 11.0. The molecule has 1 fully saturated rings. The Morgan fingerprint density at radius 2 is 2.11 bits per heavy atom. The largest absolute Gasteiger partial charge is 0.367 e. The molecule has 3 heteroatoms. The molecule has 2 rings (SSSR count). The molecule has 1 saturated heterocycles. The van der Waals surface area contributed by atoms with E-state index in [1.54, 1.807) is 0 Å². The van der Waals surface area contributed by atoms with E-state index in [2.05, 4.69) is 37.4 Å². The number of hydrogen-bond donors (Lipinski definition) is 2. The average Bonchev–Trinajstić information content (AvgIpc) is 2.38. The molecular weight excluding hydrogens is 226 g/mol. The molecule has 0 radical (unpaired) electrons. The van der Waals surface area contributed by atoms with Crippen LogP contribution < -0.4 is 5.32 Å². The highest BCUT2D eigenvalue weighted by atomic mass is 16.6. The van der Waals surface area contributed by atoms with Crippen molar-refractivity contribution < 1.29 is 9.84 Å². The van der Waals surface area contributed by atoms with Crippen LogP contribution in [0.15, 0.2) is 42.0 Å². The fourth-order valence-electron chi connectivity index (χ4n) is 2.12. The van der Waals surface area contributed by atoms with E-state index < -0.39 is 6.29 Å². The lowest BCUT2D eigenvalue weighted by Gasteiger charge is -2.34. The van der Waals surface area contributed by atoms with Crippen LogP contribution in [0.25, 0.3) is 0 Å². The number of hydrogen-bond acceptors (Lipinski definition) is 3. The molecule has 0 spiro atoms. The highest BCUT2D eigenvalue weighted by Gasteiger charge is 2.28. The van der Waals surface area contributed by atoms with Crippen LogP contribution in [0.4, 0.5) is 0 Å². The van der Waals surface area contributed by atoms with Gasteiger partial charge >= 0.3 is 0 Å². The van der Waals surface area contributed by atoms with E-state index in [0.717, 1.165) is 6.42 Å². The van der Waals surface area contributed by atoms with Crippen molar-refractivity contribution in [1.29, 1.82) is 0 Å². The lowest BCUT2D eigenvalue weighted by Crippen LogP contribution is -2.49. The second-order valence-electron chi connectivity index (χ2n) is 4.98. The van der Waals surface area contributed by atoms with Crippen LogP contribution in [0.5, 0.6) is 0 Å². The molecular formula is C15H21NO2. The van der Waals surface area contributed by atoms with Crippen LogP contribution >= 0.6 is 0 Å². The van der Waals surface area contributed by atoms with Crippen molar-refractivity contribution in [2.24, 2.45) is 0 Å². The minimum Gasteiger partial charge on any atom is -0.367 e. The Kier molecular flexibility index (Phi) is 4.53. The first-order chi connectivity index (χ1) is 8.66. The quantitative estimate of drug-likeness (QED) is 0.806. The molecule has 0 aromatic heterocycles. The van der Waals surface area contributed by atoms with E-state index in [9.17, 15) is 5.11 Å². The SMILES string of the molecule is CC(C)=CC[C@H]1N[C@H](c2ccccc2)COC1O. The highest BCUT2D eigenvalue weighted by Crippen LogP contribution is 2.21. The second-order valence-corrected chi connectivity index (χ2v) is 4.98. The summed E-state index contributed by atoms with van der Waals surface area (Å²) in [6, 6.07) is 10.3. The van der Waals surface area contributed by atoms with Gasteiger partial charge in [0.25, 0.3) is 0 Å². The van der Waals surface area contributed by atoms with Crippen LogP contribution in [0.2, 0.25) is 0 Å². The van der Waals surface area contributed by atoms with Gasteiger partial charge in [-0.2, -0.15) is 0 Å². The van der Waals surface area contributed by atoms with Crippen molar-refractivity contribution in [3.8, 4) is 0 Å². The summed E-state index contributed by atoms with van der Waals surface area (Å²) in [7, 11) is 0. The minimum atomic E-state index is -0.722. The van der Waals surface area contributed by atoms with E-state index in [1.807, 2.05) is 18.2 Å². The minimum absolute atomic E-state index is 0.0427. The van der Waals surface area contributed by atoms with Gasteiger partial charge in [0.2, 0.25) is 0 Å². The molecule has 0 saturated carbocycles. The van der Waals surface area contributed by atoms with E-state index in [1.165, 1.54) is 11.1 Å². The lowest BCUT2D eigenvalue weighted by atomic mass is 10.0. The number of rotatable bonds is 3. The standard InChI is InChI=1S/C15H21NO2/c1-11(2)8-9-13-15(17)18-10-14(16-13)12-6-4-3-5-7-12/h3-8,13-17H,9-10H2,1-2H3/t13-,14+,15?/m1/s1. The number of aliphatic hydroxyl groups excluding tert-OH is 1. The number of benzene rings is 1. The van der Waals surface area contributed by atoms with Gasteiger partial charge in [-0.15, -0.1) is 0 Å². The van der Waals surface area contributed by atoms with Crippen molar-refractivity contribution in [2.75, 3.05) is 6.61 Å². The van der Waals surface area contributed by atoms with Gasteiger partial charge in [0.15, 0.2) is 6.29 Å². The number of nitrogens with one attached hydrogen (secondary N) is 1. The van der Waals surface area contributed by atoms with Crippen molar-refractivity contribution in [2.45, 2.75) is 38.6 Å². The fourth-order valence-corrected chi connectivity index (χ4v) is 2.12. The van der Waals surface area contributed by atoms with Gasteiger partial charge in [-0.25, -0.2) is 0 Å². The third-order valence-electron chi connectivity index (χ3n) is 3.18. The summed E-state index contributed by atoms with van der Waals surface area (Å²) < 4.78 is 5.45. The molecule has 18 heavy (non-hydrogen) atoms. The Morgan fingerprint density at radius 1 is 1.39 bits per heavy atom. The van der Waals surface area contributed by atoms with Gasteiger partial charge in [-0.1, -0.05) is 42.0 Å². The zero-order valence-electron chi connectivity index (χ0n) is 11.0. The summed E-state index contributed by atoms with van der Waals surface area (Å²) in [6.45, 7) is 4.63. The van der Waals surface area contributed by atoms with Crippen molar-refractivity contribution >= 4 is 0 Å². The number of morpholine rings is 1. The summed E-state index contributed by atoms with van der Waals surface area (Å²) in [5, 5.41) is 13.3. The molecule has 98 valence electrons. The molecule has 1 heterocycles. The van der Waals surface area contributed by atoms with Gasteiger partial charge < -0.3 is 15.2 Å². The maximum Gasteiger partial charge on any atom is 0.170 e. The van der Waals surface area contributed by atoms with E-state index in [0.29, 0.717) is 6.61 Å². The molecule has 1 aromatic rings. The monoisotopic (exact) mass is 247 g/mol. The van der Waals surface area contributed by atoms with E-state index >= 15 is 0 Å². The summed E-state index contributed by atoms with van der Waals surface area (Å²) in [5.41, 5.74) is 2.46. The Labute approximate surface area is 108 Å². The van der Waals surface area contributed by atoms with Crippen molar-refractivity contribution in [3.63, 3.8) is 0 Å². The fraction of sp³-hybridized carbons (Fsp3) is 0.467. The second kappa shape index (κ2) is 6.14. The summed E-state index contributed by atoms with van der Waals surface area (Å²) in [4.78, 5) is 0. The molecule has 3 atom stereocenters. The van der Waals surface area contributed by atoms with Gasteiger partial charge in [0, 0.05) is 0 Å². The number of allylic oxidation sites excluding steroid dienone is 1. The highest BCUT2D eigenvalue weighted by molar-refractivity contribution is 5.19. The van der Waals surface area contributed by atoms with Gasteiger partial charge in [-0.05, 0) is 25.8 Å². The summed E-state index contributed by atoms with van der Waals surface area (Å²) in [6.07, 6.45) is 2.19. The average molecular weight is 247 g/mol. The number of aliphatic hydroxyl groups is 1. The first-order valence-electron chi connectivity index (χ1n) is 6.41. The molecule has 1 aliphatic rings. The topological polar surface area (TPSA) is 41.5 Å². The Hall–Kier alpha value is -1.16. The van der Waals surface area contributed by atoms with Crippen molar-refractivity contribution in [1.82, 2.24) is 5.32 Å². The first kappa shape index (κ1) is 13.3. The Bertz CT molecular complexity index is 398. The molecule has 1 aromatic carbocycles. The third kappa shape index (κ3) is 3.42. The van der Waals surface area contributed by atoms with E-state index in [-0.39, 0.29) is 12.1 Å². The molecule has 2 N–H and O–H groups in total. The van der Waals surface area contributed by atoms with Gasteiger partial charge in [0.05, 0.1) is 18.7 Å². The molecule has 1 aliphatic heterocycles. The lowest BCUT2D eigenvalue weighted by molar-refractivity contribution is -0.152. The molecule has 3 nitrogen and oxygen atoms in total. The van der Waals surface area contributed by atoms with E-state index in [4.69, 9.17) is 4.74 Å². The summed E-state index contributed by atoms with van der Waals surface area (Å²) >= 11 is 0. The van der Waals surface area contributed by atoms with Crippen LogP contribution in [-0.4, -0.2) is 24.0 Å².